The van der Waals surface area contributed by atoms with Gasteiger partial charge in [0, 0.05) is 19.0 Å². The first-order valence-electron chi connectivity index (χ1n) is 9.15. The number of nitrogens with zero attached hydrogens (tertiary/aromatic N) is 4. The first-order chi connectivity index (χ1) is 13.0. The SMILES string of the molecule is Cc1c2c(nn1C1CCNCC1F)OCCC(C)Nc1nc(ncc1Cl)N2. The van der Waals surface area contributed by atoms with Crippen LogP contribution < -0.4 is 20.7 Å². The number of hydrogen-bond donors (Lipinski definition) is 3. The van der Waals surface area contributed by atoms with Gasteiger partial charge >= 0.3 is 0 Å². The van der Waals surface area contributed by atoms with Crippen molar-refractivity contribution in [2.45, 2.75) is 44.9 Å². The van der Waals surface area contributed by atoms with Gasteiger partial charge in [-0.1, -0.05) is 11.6 Å². The topological polar surface area (TPSA) is 88.9 Å². The molecule has 1 fully saturated rings. The number of rotatable bonds is 1. The lowest BCUT2D eigenvalue weighted by Crippen LogP contribution is -2.39. The minimum Gasteiger partial charge on any atom is -0.475 e. The smallest absolute Gasteiger partial charge is 0.257 e. The standard InChI is InChI=1S/C17H23ClFN7O/c1-9-4-6-27-16-14(23-17-21-7-11(18)15(22-9)24-17)10(2)26(25-16)13-3-5-20-8-12(13)19/h7,9,12-13,20H,3-6,8H2,1-2H3,(H2,21,22,23,24). The van der Waals surface area contributed by atoms with Crippen LogP contribution in [0.15, 0.2) is 6.20 Å². The molecular formula is C17H23ClFN7O. The quantitative estimate of drug-likeness (QED) is 0.684. The van der Waals surface area contributed by atoms with Crippen LogP contribution >= 0.6 is 11.6 Å². The maximum Gasteiger partial charge on any atom is 0.257 e. The lowest BCUT2D eigenvalue weighted by atomic mass is 10.1. The molecule has 0 amide bonds. The van der Waals surface area contributed by atoms with E-state index in [2.05, 4.69) is 31.0 Å². The lowest BCUT2D eigenvalue weighted by Gasteiger charge is -2.27. The van der Waals surface area contributed by atoms with Gasteiger partial charge in [0.1, 0.15) is 16.9 Å². The van der Waals surface area contributed by atoms with E-state index in [9.17, 15) is 4.39 Å². The van der Waals surface area contributed by atoms with E-state index in [1.165, 1.54) is 0 Å². The lowest BCUT2D eigenvalue weighted by molar-refractivity contribution is 0.168. The highest BCUT2D eigenvalue weighted by molar-refractivity contribution is 6.32. The Morgan fingerprint density at radius 3 is 3.04 bits per heavy atom. The summed E-state index contributed by atoms with van der Waals surface area (Å²) in [5.74, 6) is 1.38. The Morgan fingerprint density at radius 1 is 1.37 bits per heavy atom. The molecule has 2 bridgehead atoms. The highest BCUT2D eigenvalue weighted by Gasteiger charge is 2.31. The molecule has 2 aromatic rings. The molecule has 3 unspecified atom stereocenters. The van der Waals surface area contributed by atoms with Crippen molar-refractivity contribution in [2.75, 3.05) is 30.3 Å². The molecule has 8 nitrogen and oxygen atoms in total. The number of fused-ring (bicyclic) bond motifs is 3. The van der Waals surface area contributed by atoms with E-state index in [0.29, 0.717) is 47.9 Å². The highest BCUT2D eigenvalue weighted by atomic mass is 35.5. The zero-order chi connectivity index (χ0) is 19.0. The van der Waals surface area contributed by atoms with E-state index >= 15 is 0 Å². The van der Waals surface area contributed by atoms with Crippen LogP contribution in [0.5, 0.6) is 5.88 Å². The molecular weight excluding hydrogens is 373 g/mol. The summed E-state index contributed by atoms with van der Waals surface area (Å²) in [7, 11) is 0. The predicted octanol–water partition coefficient (Wildman–Crippen LogP) is 2.83. The molecule has 3 N–H and O–H groups in total. The zero-order valence-corrected chi connectivity index (χ0v) is 16.1. The van der Waals surface area contributed by atoms with Crippen molar-refractivity contribution >= 4 is 29.1 Å². The molecule has 4 heterocycles. The number of aromatic nitrogens is 4. The Bertz CT molecular complexity index is 830. The monoisotopic (exact) mass is 395 g/mol. The Morgan fingerprint density at radius 2 is 2.22 bits per heavy atom. The number of anilines is 3. The van der Waals surface area contributed by atoms with Crippen LogP contribution in [-0.2, 0) is 0 Å². The zero-order valence-electron chi connectivity index (χ0n) is 15.3. The first-order valence-corrected chi connectivity index (χ1v) is 9.53. The minimum atomic E-state index is -1.00. The molecule has 3 atom stereocenters. The van der Waals surface area contributed by atoms with Crippen molar-refractivity contribution in [2.24, 2.45) is 0 Å². The van der Waals surface area contributed by atoms with Crippen LogP contribution in [0.25, 0.3) is 0 Å². The number of ether oxygens (including phenoxy) is 1. The number of nitrogens with one attached hydrogen (secondary N) is 3. The van der Waals surface area contributed by atoms with Crippen LogP contribution in [0.4, 0.5) is 21.8 Å². The summed E-state index contributed by atoms with van der Waals surface area (Å²) < 4.78 is 22.1. The Kier molecular flexibility index (Phi) is 5.05. The van der Waals surface area contributed by atoms with Crippen molar-refractivity contribution in [3.8, 4) is 5.88 Å². The van der Waals surface area contributed by atoms with Gasteiger partial charge in [-0.15, -0.1) is 5.10 Å². The maximum absolute atomic E-state index is 14.5. The number of piperidine rings is 1. The van der Waals surface area contributed by atoms with E-state index in [1.807, 2.05) is 13.8 Å². The number of alkyl halides is 1. The summed E-state index contributed by atoms with van der Waals surface area (Å²) >= 11 is 6.20. The molecule has 2 aliphatic rings. The van der Waals surface area contributed by atoms with Gasteiger partial charge in [0.2, 0.25) is 5.95 Å². The molecule has 0 aromatic carbocycles. The van der Waals surface area contributed by atoms with E-state index in [4.69, 9.17) is 16.3 Å². The fourth-order valence-corrected chi connectivity index (χ4v) is 3.57. The summed E-state index contributed by atoms with van der Waals surface area (Å²) in [4.78, 5) is 8.70. The van der Waals surface area contributed by atoms with Crippen molar-refractivity contribution in [3.05, 3.63) is 16.9 Å². The molecule has 4 rings (SSSR count). The Hall–Kier alpha value is -2.13. The van der Waals surface area contributed by atoms with E-state index in [-0.39, 0.29) is 12.1 Å². The van der Waals surface area contributed by atoms with Crippen LogP contribution in [0, 0.1) is 6.92 Å². The fourth-order valence-electron chi connectivity index (χ4n) is 3.42. The molecule has 0 aliphatic carbocycles. The van der Waals surface area contributed by atoms with Crippen molar-refractivity contribution in [3.63, 3.8) is 0 Å². The van der Waals surface area contributed by atoms with E-state index in [0.717, 1.165) is 18.7 Å². The predicted molar refractivity (Wildman–Crippen MR) is 102 cm³/mol. The molecule has 27 heavy (non-hydrogen) atoms. The summed E-state index contributed by atoms with van der Waals surface area (Å²) in [6, 6.07) is -0.214. The van der Waals surface area contributed by atoms with Gasteiger partial charge in [0.15, 0.2) is 5.82 Å². The third-order valence-corrected chi connectivity index (χ3v) is 5.24. The summed E-state index contributed by atoms with van der Waals surface area (Å²) in [6.07, 6.45) is 1.96. The highest BCUT2D eigenvalue weighted by Crippen LogP contribution is 2.35. The third kappa shape index (κ3) is 3.66. The normalized spacial score (nSPS) is 25.4. The van der Waals surface area contributed by atoms with Gasteiger partial charge in [0.05, 0.1) is 24.5 Å². The number of hydrogen-bond acceptors (Lipinski definition) is 7. The van der Waals surface area contributed by atoms with Crippen LogP contribution in [0.2, 0.25) is 5.02 Å². The molecule has 0 spiro atoms. The Balaban J connectivity index is 1.73. The molecule has 10 heteroatoms. The van der Waals surface area contributed by atoms with Crippen LogP contribution in [-0.4, -0.2) is 51.7 Å². The van der Waals surface area contributed by atoms with E-state index in [1.54, 1.807) is 10.9 Å². The number of halogens is 2. The average Bonchev–Trinajstić information content (AvgIpc) is 2.93. The van der Waals surface area contributed by atoms with Gasteiger partial charge in [-0.05, 0) is 26.8 Å². The van der Waals surface area contributed by atoms with Gasteiger partial charge in [-0.2, -0.15) is 4.98 Å². The van der Waals surface area contributed by atoms with Gasteiger partial charge in [-0.25, -0.2) is 9.37 Å². The largest absolute Gasteiger partial charge is 0.475 e. The van der Waals surface area contributed by atoms with Crippen LogP contribution in [0.3, 0.4) is 0 Å². The molecule has 2 aromatic heterocycles. The second-order valence-electron chi connectivity index (χ2n) is 6.98. The summed E-state index contributed by atoms with van der Waals surface area (Å²) in [5, 5.41) is 14.5. The summed E-state index contributed by atoms with van der Waals surface area (Å²) in [5.41, 5.74) is 1.45. The third-order valence-electron chi connectivity index (χ3n) is 4.96. The van der Waals surface area contributed by atoms with E-state index < -0.39 is 6.17 Å². The summed E-state index contributed by atoms with van der Waals surface area (Å²) in [6.45, 7) is 5.48. The second-order valence-corrected chi connectivity index (χ2v) is 7.39. The molecule has 1 saturated heterocycles. The van der Waals surface area contributed by atoms with Gasteiger partial charge < -0.3 is 20.7 Å². The molecule has 2 aliphatic heterocycles. The van der Waals surface area contributed by atoms with Gasteiger partial charge in [0.25, 0.3) is 5.88 Å². The van der Waals surface area contributed by atoms with Crippen molar-refractivity contribution in [1.29, 1.82) is 0 Å². The average molecular weight is 396 g/mol. The Labute approximate surface area is 161 Å². The van der Waals surface area contributed by atoms with Gasteiger partial charge in [-0.3, -0.25) is 4.68 Å². The maximum atomic E-state index is 14.5. The first kappa shape index (κ1) is 18.2. The fraction of sp³-hybridized carbons (Fsp3) is 0.588. The molecule has 146 valence electrons. The molecule has 0 radical (unpaired) electrons. The van der Waals surface area contributed by atoms with Crippen molar-refractivity contribution < 1.29 is 9.13 Å². The van der Waals surface area contributed by atoms with Crippen LogP contribution in [0.1, 0.15) is 31.5 Å². The molecule has 0 saturated carbocycles. The second kappa shape index (κ2) is 7.47. The minimum absolute atomic E-state index is 0.106. The van der Waals surface area contributed by atoms with Crippen molar-refractivity contribution in [1.82, 2.24) is 25.1 Å².